The number of nitrogens with one attached hydrogen (secondary N) is 1. The van der Waals surface area contributed by atoms with Crippen molar-refractivity contribution in [2.45, 2.75) is 25.6 Å². The summed E-state index contributed by atoms with van der Waals surface area (Å²) in [6, 6.07) is 3.45. The van der Waals surface area contributed by atoms with Gasteiger partial charge in [-0.25, -0.2) is 9.97 Å². The first-order valence-corrected chi connectivity index (χ1v) is 8.23. The lowest BCUT2D eigenvalue weighted by atomic mass is 9.90. The highest BCUT2D eigenvalue weighted by Gasteiger charge is 2.37. The summed E-state index contributed by atoms with van der Waals surface area (Å²) in [5.74, 6) is -0.629. The van der Waals surface area contributed by atoms with Crippen LogP contribution >= 0.6 is 0 Å². The molecule has 0 saturated carbocycles. The van der Waals surface area contributed by atoms with Crippen molar-refractivity contribution in [1.82, 2.24) is 15.0 Å². The van der Waals surface area contributed by atoms with Crippen LogP contribution in [-0.4, -0.2) is 26.0 Å². The van der Waals surface area contributed by atoms with Gasteiger partial charge in [0.2, 0.25) is 5.91 Å². The number of hydrogen-bond acceptors (Lipinski definition) is 4. The zero-order valence-corrected chi connectivity index (χ0v) is 15.0. The summed E-state index contributed by atoms with van der Waals surface area (Å²) in [6.07, 6.45) is 1.03. The molecule has 0 unspecified atom stereocenters. The Bertz CT molecular complexity index is 1080. The molecule has 0 spiro atoms. The maximum absolute atomic E-state index is 13.3. The molecule has 146 valence electrons. The van der Waals surface area contributed by atoms with Crippen molar-refractivity contribution in [3.63, 3.8) is 0 Å². The molecular weight excluding hydrogens is 373 g/mol. The van der Waals surface area contributed by atoms with Crippen LogP contribution < -0.4 is 5.73 Å². The zero-order chi connectivity index (χ0) is 20.7. The number of hydrogen-bond donors (Lipinski definition) is 3. The third kappa shape index (κ3) is 3.89. The van der Waals surface area contributed by atoms with Crippen LogP contribution in [0.5, 0.6) is 0 Å². The molecule has 4 N–H and O–H groups in total. The normalized spacial score (nSPS) is 12.8. The van der Waals surface area contributed by atoms with Crippen LogP contribution in [0, 0.1) is 0 Å². The minimum Gasteiger partial charge on any atom is -0.386 e. The van der Waals surface area contributed by atoms with E-state index in [1.807, 2.05) is 0 Å². The van der Waals surface area contributed by atoms with Crippen LogP contribution in [-0.2, 0) is 16.6 Å². The van der Waals surface area contributed by atoms with Crippen molar-refractivity contribution < 1.29 is 23.1 Å². The molecule has 0 fully saturated rings. The van der Waals surface area contributed by atoms with Gasteiger partial charge < -0.3 is 15.8 Å². The molecule has 0 bridgehead atoms. The molecule has 0 atom stereocenters. The van der Waals surface area contributed by atoms with Crippen molar-refractivity contribution in [3.8, 4) is 11.3 Å². The number of nitrogens with zero attached hydrogens (tertiary/aromatic N) is 2. The Morgan fingerprint density at radius 2 is 1.96 bits per heavy atom. The third-order valence-electron chi connectivity index (χ3n) is 4.12. The Labute approximate surface area is 157 Å². The summed E-state index contributed by atoms with van der Waals surface area (Å²) in [4.78, 5) is 22.5. The van der Waals surface area contributed by atoms with Gasteiger partial charge in [0.05, 0.1) is 23.1 Å². The average molecular weight is 390 g/mol. The van der Waals surface area contributed by atoms with Crippen LogP contribution in [0.15, 0.2) is 36.7 Å². The minimum atomic E-state index is -4.60. The summed E-state index contributed by atoms with van der Waals surface area (Å²) < 4.78 is 39.9. The Kier molecular flexibility index (Phi) is 4.72. The van der Waals surface area contributed by atoms with E-state index in [0.29, 0.717) is 28.0 Å². The van der Waals surface area contributed by atoms with Gasteiger partial charge in [-0.15, -0.1) is 0 Å². The second-order valence-electron chi connectivity index (χ2n) is 6.75. The number of halogens is 3. The predicted octanol–water partition coefficient (Wildman–Crippen LogP) is 3.37. The van der Waals surface area contributed by atoms with E-state index in [1.165, 1.54) is 44.3 Å². The highest BCUT2D eigenvalue weighted by molar-refractivity contribution is 5.93. The van der Waals surface area contributed by atoms with Gasteiger partial charge in [-0.3, -0.25) is 4.79 Å². The lowest BCUT2D eigenvalue weighted by Gasteiger charge is -2.23. The second-order valence-corrected chi connectivity index (χ2v) is 6.75. The van der Waals surface area contributed by atoms with Crippen LogP contribution in [0.2, 0.25) is 0 Å². The zero-order valence-electron chi connectivity index (χ0n) is 15.0. The highest BCUT2D eigenvalue weighted by Crippen LogP contribution is 2.38. The molecule has 3 aromatic rings. The highest BCUT2D eigenvalue weighted by atomic mass is 19.4. The van der Waals surface area contributed by atoms with Gasteiger partial charge in [-0.1, -0.05) is 6.07 Å². The fraction of sp³-hybridized carbons (Fsp3) is 0.211. The van der Waals surface area contributed by atoms with Gasteiger partial charge in [-0.05, 0) is 37.6 Å². The van der Waals surface area contributed by atoms with Gasteiger partial charge in [0.25, 0.3) is 0 Å². The lowest BCUT2D eigenvalue weighted by molar-refractivity contribution is -0.140. The molecule has 0 aliphatic heterocycles. The standard InChI is InChI=1S/C19H17F3N4O2/c1-18(2,28)13-7-10(3-5-12(13)19(20,21)22)14-9-25-17-16(26-14)11(8-24-17)4-6-15(23)27/h3-9,28H,1-2H3,(H2,23,27)(H,24,25). The Hall–Kier alpha value is -3.20. The van der Waals surface area contributed by atoms with Crippen molar-refractivity contribution in [2.24, 2.45) is 5.73 Å². The molecule has 9 heteroatoms. The smallest absolute Gasteiger partial charge is 0.386 e. The molecule has 1 aromatic carbocycles. The molecule has 3 rings (SSSR count). The molecule has 0 saturated heterocycles. The first kappa shape index (κ1) is 19.6. The number of aliphatic hydroxyl groups is 1. The lowest BCUT2D eigenvalue weighted by Crippen LogP contribution is -2.22. The quantitative estimate of drug-likeness (QED) is 0.594. The van der Waals surface area contributed by atoms with E-state index in [0.717, 1.165) is 6.07 Å². The number of primary amides is 1. The fourth-order valence-electron chi connectivity index (χ4n) is 2.81. The van der Waals surface area contributed by atoms with Gasteiger partial charge in [-0.2, -0.15) is 13.2 Å². The molecule has 2 aromatic heterocycles. The number of rotatable bonds is 4. The topological polar surface area (TPSA) is 105 Å². The van der Waals surface area contributed by atoms with E-state index in [4.69, 9.17) is 5.73 Å². The molecule has 0 aliphatic rings. The average Bonchev–Trinajstić information content (AvgIpc) is 3.00. The van der Waals surface area contributed by atoms with E-state index < -0.39 is 23.2 Å². The van der Waals surface area contributed by atoms with Gasteiger partial charge in [0.1, 0.15) is 5.52 Å². The first-order chi connectivity index (χ1) is 13.0. The van der Waals surface area contributed by atoms with E-state index in [9.17, 15) is 23.1 Å². The third-order valence-corrected chi connectivity index (χ3v) is 4.12. The van der Waals surface area contributed by atoms with Crippen molar-refractivity contribution in [3.05, 3.63) is 53.4 Å². The van der Waals surface area contributed by atoms with Crippen LogP contribution in [0.1, 0.15) is 30.5 Å². The molecular formula is C19H17F3N4O2. The number of nitrogens with two attached hydrogens (primary N) is 1. The number of alkyl halides is 3. The fourth-order valence-corrected chi connectivity index (χ4v) is 2.81. The molecule has 1 amide bonds. The molecule has 0 aliphatic carbocycles. The maximum atomic E-state index is 13.3. The second kappa shape index (κ2) is 6.75. The van der Waals surface area contributed by atoms with Gasteiger partial charge >= 0.3 is 6.18 Å². The summed E-state index contributed by atoms with van der Waals surface area (Å²) in [5.41, 5.74) is 4.33. The summed E-state index contributed by atoms with van der Waals surface area (Å²) in [5, 5.41) is 10.2. The number of fused-ring (bicyclic) bond motifs is 1. The van der Waals surface area contributed by atoms with Crippen LogP contribution in [0.3, 0.4) is 0 Å². The number of H-pyrrole nitrogens is 1. The number of amides is 1. The molecule has 0 radical (unpaired) electrons. The number of carbonyl (C=O) groups excluding carboxylic acids is 1. The largest absolute Gasteiger partial charge is 0.416 e. The molecule has 2 heterocycles. The van der Waals surface area contributed by atoms with E-state index in [-0.39, 0.29) is 5.56 Å². The van der Waals surface area contributed by atoms with E-state index >= 15 is 0 Å². The van der Waals surface area contributed by atoms with Crippen molar-refractivity contribution in [2.75, 3.05) is 0 Å². The molecule has 28 heavy (non-hydrogen) atoms. The summed E-state index contributed by atoms with van der Waals surface area (Å²) in [7, 11) is 0. The number of carbonyl (C=O) groups is 1. The predicted molar refractivity (Wildman–Crippen MR) is 97.8 cm³/mol. The minimum absolute atomic E-state index is 0.262. The number of aromatic nitrogens is 3. The SMILES string of the molecule is CC(C)(O)c1cc(-c2cnc3[nH]cc(C=CC(N)=O)c3n2)ccc1C(F)(F)F. The first-order valence-electron chi connectivity index (χ1n) is 8.23. The Morgan fingerprint density at radius 3 is 2.57 bits per heavy atom. The molecule has 6 nitrogen and oxygen atoms in total. The van der Waals surface area contributed by atoms with Gasteiger partial charge in [0.15, 0.2) is 5.65 Å². The van der Waals surface area contributed by atoms with Crippen molar-refractivity contribution >= 4 is 23.1 Å². The van der Waals surface area contributed by atoms with Crippen molar-refractivity contribution in [1.29, 1.82) is 0 Å². The summed E-state index contributed by atoms with van der Waals surface area (Å²) in [6.45, 7) is 2.57. The van der Waals surface area contributed by atoms with Gasteiger partial charge in [0, 0.05) is 23.4 Å². The van der Waals surface area contributed by atoms with Crippen LogP contribution in [0.25, 0.3) is 28.5 Å². The van der Waals surface area contributed by atoms with Crippen LogP contribution in [0.4, 0.5) is 13.2 Å². The number of aromatic amines is 1. The summed E-state index contributed by atoms with van der Waals surface area (Å²) >= 11 is 0. The van der Waals surface area contributed by atoms with E-state index in [2.05, 4.69) is 15.0 Å². The monoisotopic (exact) mass is 390 g/mol. The Morgan fingerprint density at radius 1 is 1.25 bits per heavy atom. The van der Waals surface area contributed by atoms with E-state index in [1.54, 1.807) is 6.20 Å². The number of benzene rings is 1. The Balaban J connectivity index is 2.14. The maximum Gasteiger partial charge on any atom is 0.416 e.